The molecule has 0 bridgehead atoms. The first kappa shape index (κ1) is 12.3. The van der Waals surface area contributed by atoms with E-state index in [2.05, 4.69) is 35.8 Å². The highest BCUT2D eigenvalue weighted by molar-refractivity contribution is 9.09. The molecule has 0 aliphatic heterocycles. The van der Waals surface area contributed by atoms with E-state index in [-0.39, 0.29) is 0 Å². The molecule has 0 unspecified atom stereocenters. The third kappa shape index (κ3) is 4.14. The van der Waals surface area contributed by atoms with E-state index in [1.807, 2.05) is 11.3 Å². The van der Waals surface area contributed by atoms with E-state index < -0.39 is 0 Å². The van der Waals surface area contributed by atoms with E-state index >= 15 is 0 Å². The van der Waals surface area contributed by atoms with Crippen LogP contribution < -0.4 is 0 Å². The Morgan fingerprint density at radius 3 is 2.43 bits per heavy atom. The lowest BCUT2D eigenvalue weighted by atomic mass is 10.1. The highest BCUT2D eigenvalue weighted by Crippen LogP contribution is 2.22. The Morgan fingerprint density at radius 2 is 1.86 bits per heavy atom. The molecule has 0 spiro atoms. The highest BCUT2D eigenvalue weighted by Gasteiger charge is 2.01. The maximum Gasteiger partial charge on any atom is 0.00490 e. The zero-order valence-corrected chi connectivity index (χ0v) is 11.5. The number of aryl methyl sites for hydroxylation is 3. The molecule has 0 aromatic carbocycles. The lowest BCUT2D eigenvalue weighted by molar-refractivity contribution is 0.671. The van der Waals surface area contributed by atoms with Crippen molar-refractivity contribution in [2.45, 2.75) is 46.0 Å². The largest absolute Gasteiger partial charge is 0.146 e. The normalized spacial score (nSPS) is 10.8. The molecule has 0 fully saturated rings. The van der Waals surface area contributed by atoms with Crippen molar-refractivity contribution >= 4 is 27.3 Å². The van der Waals surface area contributed by atoms with Crippen LogP contribution in [-0.2, 0) is 6.42 Å². The lowest BCUT2D eigenvalue weighted by Gasteiger charge is -1.99. The second kappa shape index (κ2) is 6.62. The Morgan fingerprint density at radius 1 is 1.14 bits per heavy atom. The molecule has 0 atom stereocenters. The van der Waals surface area contributed by atoms with Gasteiger partial charge in [-0.1, -0.05) is 28.8 Å². The van der Waals surface area contributed by atoms with Gasteiger partial charge in [0.2, 0.25) is 0 Å². The summed E-state index contributed by atoms with van der Waals surface area (Å²) in [7, 11) is 0. The Labute approximate surface area is 99.9 Å². The summed E-state index contributed by atoms with van der Waals surface area (Å²) in [6.07, 6.45) is 6.69. The topological polar surface area (TPSA) is 0 Å². The van der Waals surface area contributed by atoms with Crippen molar-refractivity contribution in [3.8, 4) is 0 Å². The molecule has 0 N–H and O–H groups in total. The van der Waals surface area contributed by atoms with E-state index in [1.165, 1.54) is 41.9 Å². The van der Waals surface area contributed by atoms with Gasteiger partial charge in [-0.15, -0.1) is 11.3 Å². The summed E-state index contributed by atoms with van der Waals surface area (Å²) in [4.78, 5) is 2.97. The van der Waals surface area contributed by atoms with Gasteiger partial charge in [0.05, 0.1) is 0 Å². The standard InChI is InChI=1S/C12H19BrS/c1-10-9-12(11(2)14-10)7-5-3-4-6-8-13/h9H,3-8H2,1-2H3. The summed E-state index contributed by atoms with van der Waals surface area (Å²) in [5, 5.41) is 1.16. The van der Waals surface area contributed by atoms with Crippen LogP contribution in [0.4, 0.5) is 0 Å². The summed E-state index contributed by atoms with van der Waals surface area (Å²) >= 11 is 5.39. The van der Waals surface area contributed by atoms with E-state index in [1.54, 1.807) is 5.56 Å². The summed E-state index contributed by atoms with van der Waals surface area (Å²) in [5.41, 5.74) is 1.58. The number of halogens is 1. The van der Waals surface area contributed by atoms with Gasteiger partial charge in [-0.3, -0.25) is 0 Å². The number of hydrogen-bond donors (Lipinski definition) is 0. The fourth-order valence-electron chi connectivity index (χ4n) is 1.70. The van der Waals surface area contributed by atoms with Gasteiger partial charge in [-0.05, 0) is 44.7 Å². The molecule has 1 heterocycles. The van der Waals surface area contributed by atoms with Crippen LogP contribution in [0.25, 0.3) is 0 Å². The van der Waals surface area contributed by atoms with E-state index in [4.69, 9.17) is 0 Å². The lowest BCUT2D eigenvalue weighted by Crippen LogP contribution is -1.86. The van der Waals surface area contributed by atoms with Crippen molar-refractivity contribution < 1.29 is 0 Å². The van der Waals surface area contributed by atoms with Crippen LogP contribution in [0.5, 0.6) is 0 Å². The third-order valence-electron chi connectivity index (χ3n) is 2.47. The summed E-state index contributed by atoms with van der Waals surface area (Å²) < 4.78 is 0. The average molecular weight is 275 g/mol. The molecule has 0 amide bonds. The molecule has 1 rings (SSSR count). The summed E-state index contributed by atoms with van der Waals surface area (Å²) in [5.74, 6) is 0. The van der Waals surface area contributed by atoms with E-state index in [0.717, 1.165) is 5.33 Å². The van der Waals surface area contributed by atoms with Crippen molar-refractivity contribution in [1.29, 1.82) is 0 Å². The Bertz CT molecular complexity index is 265. The fraction of sp³-hybridized carbons (Fsp3) is 0.667. The molecular formula is C12H19BrS. The van der Waals surface area contributed by atoms with Crippen LogP contribution >= 0.6 is 27.3 Å². The predicted molar refractivity (Wildman–Crippen MR) is 69.8 cm³/mol. The number of hydrogen-bond acceptors (Lipinski definition) is 1. The van der Waals surface area contributed by atoms with Crippen molar-refractivity contribution in [3.05, 3.63) is 21.4 Å². The Balaban J connectivity index is 2.21. The van der Waals surface area contributed by atoms with Gasteiger partial charge in [0, 0.05) is 15.1 Å². The molecule has 0 aliphatic rings. The number of thiophene rings is 1. The minimum Gasteiger partial charge on any atom is -0.146 e. The fourth-order valence-corrected chi connectivity index (χ4v) is 3.07. The number of rotatable bonds is 6. The SMILES string of the molecule is Cc1cc(CCCCCCBr)c(C)s1. The molecule has 0 saturated heterocycles. The first-order chi connectivity index (χ1) is 6.74. The van der Waals surface area contributed by atoms with E-state index in [9.17, 15) is 0 Å². The number of alkyl halides is 1. The minimum atomic E-state index is 1.16. The van der Waals surface area contributed by atoms with Crippen LogP contribution in [-0.4, -0.2) is 5.33 Å². The van der Waals surface area contributed by atoms with Gasteiger partial charge in [0.1, 0.15) is 0 Å². The van der Waals surface area contributed by atoms with Gasteiger partial charge in [-0.2, -0.15) is 0 Å². The van der Waals surface area contributed by atoms with Gasteiger partial charge < -0.3 is 0 Å². The van der Waals surface area contributed by atoms with Crippen molar-refractivity contribution in [3.63, 3.8) is 0 Å². The minimum absolute atomic E-state index is 1.16. The van der Waals surface area contributed by atoms with Crippen molar-refractivity contribution in [2.75, 3.05) is 5.33 Å². The average Bonchev–Trinajstić information content (AvgIpc) is 2.45. The summed E-state index contributed by atoms with van der Waals surface area (Å²) in [6.45, 7) is 4.44. The van der Waals surface area contributed by atoms with Crippen LogP contribution in [0.1, 0.15) is 41.0 Å². The first-order valence-electron chi connectivity index (χ1n) is 5.36. The Kier molecular flexibility index (Phi) is 5.80. The molecular weight excluding hydrogens is 256 g/mol. The first-order valence-corrected chi connectivity index (χ1v) is 7.29. The number of unbranched alkanes of at least 4 members (excludes halogenated alkanes) is 3. The zero-order chi connectivity index (χ0) is 10.4. The van der Waals surface area contributed by atoms with Gasteiger partial charge in [0.15, 0.2) is 0 Å². The molecule has 0 saturated carbocycles. The van der Waals surface area contributed by atoms with Crippen LogP contribution in [0.3, 0.4) is 0 Å². The molecule has 14 heavy (non-hydrogen) atoms. The second-order valence-corrected chi connectivity index (χ2v) is 6.05. The molecule has 0 radical (unpaired) electrons. The highest BCUT2D eigenvalue weighted by atomic mass is 79.9. The molecule has 80 valence electrons. The smallest absolute Gasteiger partial charge is 0.00490 e. The monoisotopic (exact) mass is 274 g/mol. The van der Waals surface area contributed by atoms with Gasteiger partial charge in [0.25, 0.3) is 0 Å². The maximum atomic E-state index is 3.46. The van der Waals surface area contributed by atoms with Crippen LogP contribution in [0, 0.1) is 13.8 Å². The molecule has 0 aliphatic carbocycles. The van der Waals surface area contributed by atoms with Gasteiger partial charge >= 0.3 is 0 Å². The second-order valence-electron chi connectivity index (χ2n) is 3.79. The molecule has 2 heteroatoms. The predicted octanol–water partition coefficient (Wildman–Crippen LogP) is 4.86. The maximum absolute atomic E-state index is 3.46. The molecule has 0 nitrogen and oxygen atoms in total. The van der Waals surface area contributed by atoms with Crippen LogP contribution in [0.15, 0.2) is 6.07 Å². The summed E-state index contributed by atoms with van der Waals surface area (Å²) in [6, 6.07) is 2.35. The zero-order valence-electron chi connectivity index (χ0n) is 9.11. The van der Waals surface area contributed by atoms with E-state index in [0.29, 0.717) is 0 Å². The van der Waals surface area contributed by atoms with Crippen LogP contribution in [0.2, 0.25) is 0 Å². The van der Waals surface area contributed by atoms with Crippen molar-refractivity contribution in [2.24, 2.45) is 0 Å². The molecule has 1 aromatic heterocycles. The third-order valence-corrected chi connectivity index (χ3v) is 4.04. The Hall–Kier alpha value is 0.180. The van der Waals surface area contributed by atoms with Gasteiger partial charge in [-0.25, -0.2) is 0 Å². The quantitative estimate of drug-likeness (QED) is 0.513. The molecule has 1 aromatic rings. The van der Waals surface area contributed by atoms with Crippen molar-refractivity contribution in [1.82, 2.24) is 0 Å².